The molecule has 0 aliphatic carbocycles. The number of nitriles is 1. The maximum Gasteiger partial charge on any atom is 0.276 e. The van der Waals surface area contributed by atoms with Crippen molar-refractivity contribution in [2.45, 2.75) is 31.2 Å². The lowest BCUT2D eigenvalue weighted by molar-refractivity contribution is 0.420. The van der Waals surface area contributed by atoms with Gasteiger partial charge in [-0.05, 0) is 48.2 Å². The van der Waals surface area contributed by atoms with Crippen molar-refractivity contribution in [3.8, 4) is 6.07 Å². The van der Waals surface area contributed by atoms with Crippen LogP contribution in [0.25, 0.3) is 0 Å². The number of aryl methyl sites for hydroxylation is 2. The molecular weight excluding hydrogens is 318 g/mol. The van der Waals surface area contributed by atoms with Gasteiger partial charge in [-0.25, -0.2) is 0 Å². The number of rotatable bonds is 5. The molecule has 0 bridgehead atoms. The summed E-state index contributed by atoms with van der Waals surface area (Å²) in [4.78, 5) is 0. The zero-order valence-corrected chi connectivity index (χ0v) is 14.4. The van der Waals surface area contributed by atoms with Gasteiger partial charge < -0.3 is 4.42 Å². The Balaban J connectivity index is 1.63. The molecule has 0 aliphatic heterocycles. The van der Waals surface area contributed by atoms with Crippen LogP contribution in [-0.4, -0.2) is 10.2 Å². The molecule has 0 radical (unpaired) electrons. The standard InChI is InChI=1S/C19H17N3OS/c1-13-6-7-15(8-14(13)2)10-18-21-22-19(23-18)24-12-17-5-3-4-16(9-17)11-20/h3-9H,10,12H2,1-2H3. The van der Waals surface area contributed by atoms with Crippen LogP contribution in [0.4, 0.5) is 0 Å². The molecule has 4 nitrogen and oxygen atoms in total. The Hall–Kier alpha value is -2.58. The van der Waals surface area contributed by atoms with Crippen molar-refractivity contribution in [2.24, 2.45) is 0 Å². The lowest BCUT2D eigenvalue weighted by Gasteiger charge is -2.02. The van der Waals surface area contributed by atoms with Gasteiger partial charge in [-0.2, -0.15) is 5.26 Å². The highest BCUT2D eigenvalue weighted by Crippen LogP contribution is 2.23. The molecule has 0 atom stereocenters. The highest BCUT2D eigenvalue weighted by Gasteiger charge is 2.09. The summed E-state index contributed by atoms with van der Waals surface area (Å²) in [6, 6.07) is 16.0. The van der Waals surface area contributed by atoms with Gasteiger partial charge in [0.2, 0.25) is 5.89 Å². The minimum atomic E-state index is 0.552. The fourth-order valence-electron chi connectivity index (χ4n) is 2.33. The third kappa shape index (κ3) is 4.03. The first-order chi connectivity index (χ1) is 11.6. The van der Waals surface area contributed by atoms with Crippen LogP contribution in [-0.2, 0) is 12.2 Å². The average molecular weight is 335 g/mol. The van der Waals surface area contributed by atoms with Crippen LogP contribution in [0.2, 0.25) is 0 Å². The third-order valence-corrected chi connectivity index (χ3v) is 4.68. The van der Waals surface area contributed by atoms with Gasteiger partial charge in [0.1, 0.15) is 0 Å². The van der Waals surface area contributed by atoms with Gasteiger partial charge in [-0.3, -0.25) is 0 Å². The number of hydrogen-bond acceptors (Lipinski definition) is 5. The Morgan fingerprint density at radius 3 is 2.71 bits per heavy atom. The minimum absolute atomic E-state index is 0.552. The molecule has 1 aromatic heterocycles. The molecule has 0 unspecified atom stereocenters. The number of nitrogens with zero attached hydrogens (tertiary/aromatic N) is 3. The van der Waals surface area contributed by atoms with Crippen molar-refractivity contribution in [1.29, 1.82) is 5.26 Å². The summed E-state index contributed by atoms with van der Waals surface area (Å²) in [5.41, 5.74) is 5.43. The lowest BCUT2D eigenvalue weighted by atomic mass is 10.0. The predicted molar refractivity (Wildman–Crippen MR) is 93.7 cm³/mol. The molecule has 0 amide bonds. The van der Waals surface area contributed by atoms with Crippen LogP contribution in [0.5, 0.6) is 0 Å². The van der Waals surface area contributed by atoms with Crippen molar-refractivity contribution in [2.75, 3.05) is 0 Å². The van der Waals surface area contributed by atoms with E-state index in [2.05, 4.69) is 48.3 Å². The zero-order valence-electron chi connectivity index (χ0n) is 13.6. The van der Waals surface area contributed by atoms with Gasteiger partial charge in [0.25, 0.3) is 5.22 Å². The molecule has 3 aromatic rings. The molecule has 0 fully saturated rings. The second kappa shape index (κ2) is 7.33. The summed E-state index contributed by atoms with van der Waals surface area (Å²) in [5.74, 6) is 1.31. The molecule has 0 N–H and O–H groups in total. The van der Waals surface area contributed by atoms with Crippen LogP contribution in [0, 0.1) is 25.2 Å². The average Bonchev–Trinajstić information content (AvgIpc) is 3.04. The fourth-order valence-corrected chi connectivity index (χ4v) is 3.06. The zero-order chi connectivity index (χ0) is 16.9. The molecule has 0 spiro atoms. The van der Waals surface area contributed by atoms with E-state index < -0.39 is 0 Å². The summed E-state index contributed by atoms with van der Waals surface area (Å²) in [6.45, 7) is 4.20. The largest absolute Gasteiger partial charge is 0.416 e. The third-order valence-electron chi connectivity index (χ3n) is 3.79. The van der Waals surface area contributed by atoms with E-state index in [9.17, 15) is 0 Å². The van der Waals surface area contributed by atoms with Crippen LogP contribution in [0.3, 0.4) is 0 Å². The summed E-state index contributed by atoms with van der Waals surface area (Å²) in [6.07, 6.45) is 0.637. The van der Waals surface area contributed by atoms with Crippen LogP contribution < -0.4 is 0 Å². The Labute approximate surface area is 145 Å². The Bertz CT molecular complexity index is 896. The molecular formula is C19H17N3OS. The van der Waals surface area contributed by atoms with E-state index in [1.54, 1.807) is 6.07 Å². The van der Waals surface area contributed by atoms with Gasteiger partial charge in [0.05, 0.1) is 18.1 Å². The topological polar surface area (TPSA) is 62.7 Å². The van der Waals surface area contributed by atoms with Gasteiger partial charge in [0, 0.05) is 5.75 Å². The smallest absolute Gasteiger partial charge is 0.276 e. The molecule has 0 saturated carbocycles. The Morgan fingerprint density at radius 2 is 1.92 bits per heavy atom. The molecule has 0 aliphatic rings. The normalized spacial score (nSPS) is 10.5. The number of hydrogen-bond donors (Lipinski definition) is 0. The molecule has 5 heteroatoms. The quantitative estimate of drug-likeness (QED) is 0.645. The molecule has 120 valence electrons. The first-order valence-electron chi connectivity index (χ1n) is 7.64. The van der Waals surface area contributed by atoms with Crippen molar-refractivity contribution >= 4 is 11.8 Å². The van der Waals surface area contributed by atoms with E-state index in [1.165, 1.54) is 28.5 Å². The highest BCUT2D eigenvalue weighted by molar-refractivity contribution is 7.98. The van der Waals surface area contributed by atoms with E-state index in [-0.39, 0.29) is 0 Å². The van der Waals surface area contributed by atoms with Gasteiger partial charge in [-0.15, -0.1) is 10.2 Å². The second-order valence-electron chi connectivity index (χ2n) is 5.66. The first kappa shape index (κ1) is 16.3. The van der Waals surface area contributed by atoms with Crippen LogP contribution >= 0.6 is 11.8 Å². The highest BCUT2D eigenvalue weighted by atomic mass is 32.2. The van der Waals surface area contributed by atoms with Gasteiger partial charge in [0.15, 0.2) is 0 Å². The van der Waals surface area contributed by atoms with Crippen molar-refractivity contribution in [1.82, 2.24) is 10.2 Å². The second-order valence-corrected chi connectivity index (χ2v) is 6.58. The van der Waals surface area contributed by atoms with E-state index in [1.807, 2.05) is 18.2 Å². The van der Waals surface area contributed by atoms with E-state index in [4.69, 9.17) is 9.68 Å². The van der Waals surface area contributed by atoms with Crippen molar-refractivity contribution in [3.63, 3.8) is 0 Å². The van der Waals surface area contributed by atoms with E-state index >= 15 is 0 Å². The predicted octanol–water partition coefficient (Wildman–Crippen LogP) is 4.44. The summed E-state index contributed by atoms with van der Waals surface area (Å²) >= 11 is 1.48. The molecule has 0 saturated heterocycles. The van der Waals surface area contributed by atoms with Gasteiger partial charge in [-0.1, -0.05) is 42.1 Å². The number of thioether (sulfide) groups is 1. The summed E-state index contributed by atoms with van der Waals surface area (Å²) in [7, 11) is 0. The SMILES string of the molecule is Cc1ccc(Cc2nnc(SCc3cccc(C#N)c3)o2)cc1C. The van der Waals surface area contributed by atoms with Crippen molar-refractivity contribution in [3.05, 3.63) is 76.2 Å². The lowest BCUT2D eigenvalue weighted by Crippen LogP contribution is -1.90. The molecule has 24 heavy (non-hydrogen) atoms. The Morgan fingerprint density at radius 1 is 1.04 bits per heavy atom. The van der Waals surface area contributed by atoms with Gasteiger partial charge >= 0.3 is 0 Å². The number of benzene rings is 2. The summed E-state index contributed by atoms with van der Waals surface area (Å²) in [5, 5.41) is 17.7. The molecule has 3 rings (SSSR count). The molecule has 2 aromatic carbocycles. The van der Waals surface area contributed by atoms with Crippen molar-refractivity contribution < 1.29 is 4.42 Å². The minimum Gasteiger partial charge on any atom is -0.416 e. The summed E-state index contributed by atoms with van der Waals surface area (Å²) < 4.78 is 5.71. The first-order valence-corrected chi connectivity index (χ1v) is 8.63. The van der Waals surface area contributed by atoms with E-state index in [0.29, 0.717) is 28.9 Å². The Kier molecular flexibility index (Phi) is 4.97. The maximum atomic E-state index is 8.93. The maximum absolute atomic E-state index is 8.93. The fraction of sp³-hybridized carbons (Fsp3) is 0.211. The van der Waals surface area contributed by atoms with Crippen LogP contribution in [0.15, 0.2) is 52.1 Å². The number of aromatic nitrogens is 2. The van der Waals surface area contributed by atoms with E-state index in [0.717, 1.165) is 5.56 Å². The monoisotopic (exact) mass is 335 g/mol. The van der Waals surface area contributed by atoms with Crippen LogP contribution in [0.1, 0.15) is 33.7 Å². The molecule has 1 heterocycles.